The number of hydrogen-bond acceptors (Lipinski definition) is 1. The van der Waals surface area contributed by atoms with Crippen molar-refractivity contribution in [3.8, 4) is 5.75 Å². The number of benzene rings is 2. The lowest BCUT2D eigenvalue weighted by Gasteiger charge is -2.16. The zero-order chi connectivity index (χ0) is 13.4. The topological polar surface area (TPSA) is 12.2 Å². The van der Waals surface area contributed by atoms with E-state index in [2.05, 4.69) is 68.0 Å². The van der Waals surface area contributed by atoms with Crippen LogP contribution in [0.4, 0.5) is 5.69 Å². The van der Waals surface area contributed by atoms with Gasteiger partial charge >= 0.3 is 0 Å². The molecule has 2 heteroatoms. The molecule has 1 heterocycles. The van der Waals surface area contributed by atoms with Crippen LogP contribution in [0, 0.1) is 20.8 Å². The normalized spacial score (nSPS) is 13.5. The third-order valence-electron chi connectivity index (χ3n) is 3.56. The number of nitrogens with zero attached hydrogens (tertiary/aromatic N) is 1. The van der Waals surface area contributed by atoms with Crippen molar-refractivity contribution in [2.45, 2.75) is 20.8 Å². The molecule has 0 amide bonds. The average Bonchev–Trinajstić information content (AvgIpc) is 2.41. The summed E-state index contributed by atoms with van der Waals surface area (Å²) in [6.07, 6.45) is 2.17. The molecule has 1 aliphatic heterocycles. The van der Waals surface area contributed by atoms with Crippen LogP contribution < -0.4 is 4.74 Å². The number of fused-ring (bicyclic) bond motifs is 1. The van der Waals surface area contributed by atoms with Crippen molar-refractivity contribution in [3.63, 3.8) is 0 Å². The van der Waals surface area contributed by atoms with E-state index < -0.39 is 0 Å². The van der Waals surface area contributed by atoms with E-state index in [9.17, 15) is 0 Å². The average molecular weight is 252 g/mol. The van der Waals surface area contributed by atoms with Gasteiger partial charge in [0.15, 0.2) is 6.21 Å². The summed E-state index contributed by atoms with van der Waals surface area (Å²) in [7, 11) is 0. The maximum absolute atomic E-state index is 5.91. The summed E-state index contributed by atoms with van der Waals surface area (Å²) in [6.45, 7) is 6.91. The molecule has 2 nitrogen and oxygen atoms in total. The van der Waals surface area contributed by atoms with Crippen LogP contribution in [0.25, 0.3) is 0 Å². The highest BCUT2D eigenvalue weighted by Gasteiger charge is 2.21. The summed E-state index contributed by atoms with van der Waals surface area (Å²) >= 11 is 0. The highest BCUT2D eigenvalue weighted by atomic mass is 16.5. The minimum absolute atomic E-state index is 0.572. The van der Waals surface area contributed by atoms with Gasteiger partial charge in [0.1, 0.15) is 5.75 Å². The first-order valence-electron chi connectivity index (χ1n) is 6.56. The molecule has 0 bridgehead atoms. The fraction of sp³-hybridized carbons (Fsp3) is 0.235. The third-order valence-corrected chi connectivity index (χ3v) is 3.56. The summed E-state index contributed by atoms with van der Waals surface area (Å²) in [4.78, 5) is 0. The molecule has 2 aromatic rings. The van der Waals surface area contributed by atoms with Crippen LogP contribution in [0.5, 0.6) is 5.75 Å². The Morgan fingerprint density at radius 1 is 1.00 bits per heavy atom. The Balaban J connectivity index is 2.11. The maximum atomic E-state index is 5.91. The highest BCUT2D eigenvalue weighted by molar-refractivity contribution is 5.82. The van der Waals surface area contributed by atoms with Crippen LogP contribution in [0.2, 0.25) is 0 Å². The summed E-state index contributed by atoms with van der Waals surface area (Å²) in [5, 5.41) is 0. The van der Waals surface area contributed by atoms with E-state index in [1.54, 1.807) is 0 Å². The second-order valence-electron chi connectivity index (χ2n) is 5.16. The minimum atomic E-state index is 0.572. The van der Waals surface area contributed by atoms with Gasteiger partial charge in [0.25, 0.3) is 6.73 Å². The van der Waals surface area contributed by atoms with Gasteiger partial charge in [0, 0.05) is 11.6 Å². The minimum Gasteiger partial charge on any atom is -0.435 e. The lowest BCUT2D eigenvalue weighted by molar-refractivity contribution is -0.476. The van der Waals surface area contributed by atoms with Crippen LogP contribution in [-0.4, -0.2) is 17.5 Å². The SMILES string of the molecule is Cc1ccc(C)c([N+]2=Cc3cccc(C)c3OC2)c1. The predicted octanol–water partition coefficient (Wildman–Crippen LogP) is 3.72. The number of para-hydroxylation sites is 1. The zero-order valence-electron chi connectivity index (χ0n) is 11.6. The van der Waals surface area contributed by atoms with Crippen molar-refractivity contribution in [2.75, 3.05) is 6.73 Å². The van der Waals surface area contributed by atoms with E-state index in [4.69, 9.17) is 4.74 Å². The van der Waals surface area contributed by atoms with Gasteiger partial charge in [-0.1, -0.05) is 24.3 Å². The van der Waals surface area contributed by atoms with Crippen molar-refractivity contribution >= 4 is 11.9 Å². The number of hydrogen-bond donors (Lipinski definition) is 0. The Bertz CT molecular complexity index is 671. The van der Waals surface area contributed by atoms with Crippen molar-refractivity contribution < 1.29 is 9.31 Å². The lowest BCUT2D eigenvalue weighted by atomic mass is 10.1. The molecule has 0 aliphatic carbocycles. The molecule has 0 atom stereocenters. The van der Waals surface area contributed by atoms with Gasteiger partial charge in [-0.2, -0.15) is 4.58 Å². The van der Waals surface area contributed by atoms with Crippen LogP contribution in [0.3, 0.4) is 0 Å². The van der Waals surface area contributed by atoms with Crippen LogP contribution in [-0.2, 0) is 0 Å². The molecule has 19 heavy (non-hydrogen) atoms. The van der Waals surface area contributed by atoms with Gasteiger partial charge in [0.05, 0.1) is 5.56 Å². The van der Waals surface area contributed by atoms with Crippen LogP contribution >= 0.6 is 0 Å². The van der Waals surface area contributed by atoms with Crippen molar-refractivity contribution in [2.24, 2.45) is 0 Å². The Hall–Kier alpha value is -2.09. The fourth-order valence-electron chi connectivity index (χ4n) is 2.48. The highest BCUT2D eigenvalue weighted by Crippen LogP contribution is 2.27. The summed E-state index contributed by atoms with van der Waals surface area (Å²) < 4.78 is 8.08. The van der Waals surface area contributed by atoms with E-state index in [0.29, 0.717) is 6.73 Å². The van der Waals surface area contributed by atoms with Gasteiger partial charge in [-0.15, -0.1) is 0 Å². The van der Waals surface area contributed by atoms with Crippen LogP contribution in [0.15, 0.2) is 36.4 Å². The third kappa shape index (κ3) is 2.14. The van der Waals surface area contributed by atoms with Gasteiger partial charge in [-0.25, -0.2) is 0 Å². The van der Waals surface area contributed by atoms with E-state index in [0.717, 1.165) is 11.3 Å². The molecule has 0 spiro atoms. The second-order valence-corrected chi connectivity index (χ2v) is 5.16. The Morgan fingerprint density at radius 3 is 2.68 bits per heavy atom. The van der Waals surface area contributed by atoms with Gasteiger partial charge < -0.3 is 4.74 Å². The smallest absolute Gasteiger partial charge is 0.292 e. The molecular weight excluding hydrogens is 234 g/mol. The molecule has 0 saturated heterocycles. The molecule has 1 aliphatic rings. The predicted molar refractivity (Wildman–Crippen MR) is 77.7 cm³/mol. The van der Waals surface area contributed by atoms with Crippen LogP contribution in [0.1, 0.15) is 22.3 Å². The van der Waals surface area contributed by atoms with E-state index in [1.807, 2.05) is 0 Å². The Kier molecular flexibility index (Phi) is 2.86. The summed E-state index contributed by atoms with van der Waals surface area (Å²) in [6, 6.07) is 12.8. The maximum Gasteiger partial charge on any atom is 0.292 e. The van der Waals surface area contributed by atoms with E-state index >= 15 is 0 Å². The first-order valence-corrected chi connectivity index (χ1v) is 6.56. The molecule has 96 valence electrons. The Labute approximate surface area is 114 Å². The van der Waals surface area contributed by atoms with E-state index in [-0.39, 0.29) is 0 Å². The second kappa shape index (κ2) is 4.54. The molecular formula is C17H18NO+. The van der Waals surface area contributed by atoms with Gasteiger partial charge in [-0.05, 0) is 38.0 Å². The fourth-order valence-corrected chi connectivity index (χ4v) is 2.48. The van der Waals surface area contributed by atoms with Gasteiger partial charge in [-0.3, -0.25) is 0 Å². The van der Waals surface area contributed by atoms with E-state index in [1.165, 1.54) is 22.4 Å². The standard InChI is InChI=1S/C17H18NO/c1-12-7-8-13(2)16(9-12)18-10-15-6-4-5-14(3)17(15)19-11-18/h4-10H,11H2,1-3H3/q+1. The number of rotatable bonds is 1. The summed E-state index contributed by atoms with van der Waals surface area (Å²) in [5.41, 5.74) is 6.08. The molecule has 3 rings (SSSR count). The molecule has 0 N–H and O–H groups in total. The number of ether oxygens (including phenoxy) is 1. The van der Waals surface area contributed by atoms with Crippen molar-refractivity contribution in [1.82, 2.24) is 0 Å². The molecule has 0 saturated carbocycles. The monoisotopic (exact) mass is 252 g/mol. The lowest BCUT2D eigenvalue weighted by Crippen LogP contribution is -2.21. The quantitative estimate of drug-likeness (QED) is 0.704. The molecule has 0 fully saturated rings. The summed E-state index contributed by atoms with van der Waals surface area (Å²) in [5.74, 6) is 1.00. The van der Waals surface area contributed by atoms with Gasteiger partial charge in [0.2, 0.25) is 5.69 Å². The Morgan fingerprint density at radius 2 is 1.84 bits per heavy atom. The first kappa shape index (κ1) is 12.0. The number of aryl methyl sites for hydroxylation is 3. The molecule has 0 radical (unpaired) electrons. The van der Waals surface area contributed by atoms with Crippen molar-refractivity contribution in [3.05, 3.63) is 58.7 Å². The first-order chi connectivity index (χ1) is 9.15. The van der Waals surface area contributed by atoms with Crippen molar-refractivity contribution in [1.29, 1.82) is 0 Å². The zero-order valence-corrected chi connectivity index (χ0v) is 11.6. The largest absolute Gasteiger partial charge is 0.435 e. The molecule has 0 aromatic heterocycles. The molecule has 0 unspecified atom stereocenters. The molecule has 2 aromatic carbocycles.